The summed E-state index contributed by atoms with van der Waals surface area (Å²) in [5.74, 6) is 5.27. The first kappa shape index (κ1) is 15.4. The summed E-state index contributed by atoms with van der Waals surface area (Å²) in [6, 6.07) is 0. The topological polar surface area (TPSA) is 139 Å². The van der Waals surface area contributed by atoms with Gasteiger partial charge in [-0.3, -0.25) is 10.5 Å². The van der Waals surface area contributed by atoms with Crippen LogP contribution >= 0.6 is 0 Å². The SMILES string of the molecule is Cc1[nH]ncc1CCCNS(=O)(=O)c1cnc(NN)nc1. The number of hydrogen-bond acceptors (Lipinski definition) is 7. The lowest BCUT2D eigenvalue weighted by atomic mass is 10.1. The zero-order chi connectivity index (χ0) is 15.3. The molecule has 2 aromatic heterocycles. The summed E-state index contributed by atoms with van der Waals surface area (Å²) in [7, 11) is -3.60. The molecule has 9 nitrogen and oxygen atoms in total. The second kappa shape index (κ2) is 6.61. The van der Waals surface area contributed by atoms with Gasteiger partial charge in [-0.05, 0) is 25.3 Å². The molecule has 0 aliphatic heterocycles. The van der Waals surface area contributed by atoms with Crippen molar-refractivity contribution in [1.29, 1.82) is 0 Å². The van der Waals surface area contributed by atoms with Gasteiger partial charge in [-0.1, -0.05) is 0 Å². The number of H-pyrrole nitrogens is 1. The van der Waals surface area contributed by atoms with Crippen molar-refractivity contribution in [2.75, 3.05) is 12.0 Å². The van der Waals surface area contributed by atoms with Crippen molar-refractivity contribution in [1.82, 2.24) is 24.9 Å². The first-order valence-corrected chi connectivity index (χ1v) is 7.78. The van der Waals surface area contributed by atoms with E-state index in [-0.39, 0.29) is 10.8 Å². The average Bonchev–Trinajstić information content (AvgIpc) is 2.89. The Morgan fingerprint density at radius 1 is 1.29 bits per heavy atom. The van der Waals surface area contributed by atoms with E-state index < -0.39 is 10.0 Å². The van der Waals surface area contributed by atoms with Crippen molar-refractivity contribution in [3.63, 3.8) is 0 Å². The minimum Gasteiger partial charge on any atom is -0.292 e. The van der Waals surface area contributed by atoms with E-state index in [9.17, 15) is 8.42 Å². The Morgan fingerprint density at radius 3 is 2.57 bits per heavy atom. The lowest BCUT2D eigenvalue weighted by Gasteiger charge is -2.06. The molecule has 0 atom stereocenters. The van der Waals surface area contributed by atoms with Gasteiger partial charge in [0.05, 0.1) is 18.6 Å². The highest BCUT2D eigenvalue weighted by molar-refractivity contribution is 7.89. The summed E-state index contributed by atoms with van der Waals surface area (Å²) >= 11 is 0. The second-order valence-corrected chi connectivity index (χ2v) is 6.18. The first-order chi connectivity index (χ1) is 10.0. The number of nitrogens with one attached hydrogen (secondary N) is 3. The number of anilines is 1. The molecule has 0 spiro atoms. The van der Waals surface area contributed by atoms with Gasteiger partial charge in [-0.25, -0.2) is 29.0 Å². The highest BCUT2D eigenvalue weighted by atomic mass is 32.2. The van der Waals surface area contributed by atoms with Crippen LogP contribution in [-0.2, 0) is 16.4 Å². The molecule has 0 aliphatic rings. The number of hydrazine groups is 1. The highest BCUT2D eigenvalue weighted by Crippen LogP contribution is 2.08. The Labute approximate surface area is 122 Å². The Morgan fingerprint density at radius 2 is 2.00 bits per heavy atom. The van der Waals surface area contributed by atoms with Gasteiger partial charge < -0.3 is 0 Å². The molecule has 0 amide bonds. The van der Waals surface area contributed by atoms with Crippen LogP contribution in [0.5, 0.6) is 0 Å². The molecule has 21 heavy (non-hydrogen) atoms. The van der Waals surface area contributed by atoms with Crippen molar-refractivity contribution in [2.45, 2.75) is 24.7 Å². The van der Waals surface area contributed by atoms with Crippen LogP contribution in [0, 0.1) is 6.92 Å². The fourth-order valence-corrected chi connectivity index (χ4v) is 2.69. The maximum absolute atomic E-state index is 12.0. The summed E-state index contributed by atoms with van der Waals surface area (Å²) in [6.45, 7) is 2.25. The standard InChI is InChI=1S/C11H17N7O2S/c1-8-9(5-15-18-8)3-2-4-16-21(19,20)10-6-13-11(17-12)14-7-10/h5-7,16H,2-4,12H2,1H3,(H,15,18)(H,13,14,17). The van der Waals surface area contributed by atoms with Gasteiger partial charge in [-0.15, -0.1) is 0 Å². The Kier molecular flexibility index (Phi) is 4.83. The number of nitrogens with two attached hydrogens (primary N) is 1. The van der Waals surface area contributed by atoms with E-state index in [0.717, 1.165) is 17.7 Å². The van der Waals surface area contributed by atoms with Gasteiger partial charge in [0.25, 0.3) is 0 Å². The van der Waals surface area contributed by atoms with Gasteiger partial charge in [0.15, 0.2) is 0 Å². The van der Waals surface area contributed by atoms with Crippen molar-refractivity contribution < 1.29 is 8.42 Å². The van der Waals surface area contributed by atoms with E-state index in [1.807, 2.05) is 6.92 Å². The third-order valence-electron chi connectivity index (χ3n) is 2.92. The maximum Gasteiger partial charge on any atom is 0.243 e. The molecule has 10 heteroatoms. The van der Waals surface area contributed by atoms with Crippen LogP contribution in [0.25, 0.3) is 0 Å². The summed E-state index contributed by atoms with van der Waals surface area (Å²) in [5.41, 5.74) is 4.31. The highest BCUT2D eigenvalue weighted by Gasteiger charge is 2.14. The number of hydrogen-bond donors (Lipinski definition) is 4. The first-order valence-electron chi connectivity index (χ1n) is 6.30. The fourth-order valence-electron chi connectivity index (χ4n) is 1.73. The van der Waals surface area contributed by atoms with E-state index in [4.69, 9.17) is 5.84 Å². The van der Waals surface area contributed by atoms with Crippen LogP contribution in [-0.4, -0.2) is 35.1 Å². The number of rotatable bonds is 7. The molecule has 0 aromatic carbocycles. The molecule has 2 rings (SSSR count). The van der Waals surface area contributed by atoms with Crippen LogP contribution in [0.15, 0.2) is 23.5 Å². The van der Waals surface area contributed by atoms with Gasteiger partial charge in [0.2, 0.25) is 16.0 Å². The largest absolute Gasteiger partial charge is 0.292 e. The lowest BCUT2D eigenvalue weighted by Crippen LogP contribution is -2.25. The van der Waals surface area contributed by atoms with Gasteiger partial charge in [-0.2, -0.15) is 5.10 Å². The minimum atomic E-state index is -3.60. The van der Waals surface area contributed by atoms with Gasteiger partial charge in [0.1, 0.15) is 4.90 Å². The fraction of sp³-hybridized carbons (Fsp3) is 0.364. The van der Waals surface area contributed by atoms with E-state index in [1.54, 1.807) is 6.20 Å². The molecule has 0 saturated carbocycles. The Balaban J connectivity index is 1.87. The molecule has 2 aromatic rings. The van der Waals surface area contributed by atoms with Gasteiger partial charge in [0, 0.05) is 12.2 Å². The normalized spacial score (nSPS) is 11.5. The Hall–Kier alpha value is -2.04. The van der Waals surface area contributed by atoms with E-state index in [1.165, 1.54) is 12.4 Å². The Bertz CT molecular complexity index is 681. The third-order valence-corrected chi connectivity index (χ3v) is 4.33. The minimum absolute atomic E-state index is 0.000918. The van der Waals surface area contributed by atoms with E-state index in [0.29, 0.717) is 13.0 Å². The molecule has 0 unspecified atom stereocenters. The van der Waals surface area contributed by atoms with E-state index >= 15 is 0 Å². The number of aryl methyl sites for hydroxylation is 2. The third kappa shape index (κ3) is 3.97. The molecular weight excluding hydrogens is 294 g/mol. The molecule has 0 radical (unpaired) electrons. The number of nitrogen functional groups attached to an aromatic ring is 1. The monoisotopic (exact) mass is 311 g/mol. The molecule has 0 bridgehead atoms. The average molecular weight is 311 g/mol. The van der Waals surface area contributed by atoms with Crippen LogP contribution in [0.4, 0.5) is 5.95 Å². The lowest BCUT2D eigenvalue weighted by molar-refractivity contribution is 0.578. The summed E-state index contributed by atoms with van der Waals surface area (Å²) in [6.07, 6.45) is 5.56. The molecule has 2 heterocycles. The summed E-state index contributed by atoms with van der Waals surface area (Å²) < 4.78 is 26.5. The smallest absolute Gasteiger partial charge is 0.243 e. The van der Waals surface area contributed by atoms with Crippen LogP contribution < -0.4 is 16.0 Å². The van der Waals surface area contributed by atoms with Crippen LogP contribution in [0.1, 0.15) is 17.7 Å². The van der Waals surface area contributed by atoms with Crippen molar-refractivity contribution >= 4 is 16.0 Å². The zero-order valence-electron chi connectivity index (χ0n) is 11.5. The van der Waals surface area contributed by atoms with E-state index in [2.05, 4.69) is 30.3 Å². The molecule has 0 saturated heterocycles. The number of aromatic amines is 1. The molecule has 0 aliphatic carbocycles. The molecule has 5 N–H and O–H groups in total. The quantitative estimate of drug-likeness (QED) is 0.313. The van der Waals surface area contributed by atoms with Crippen molar-refractivity contribution in [3.05, 3.63) is 29.8 Å². The van der Waals surface area contributed by atoms with Crippen LogP contribution in [0.3, 0.4) is 0 Å². The van der Waals surface area contributed by atoms with Gasteiger partial charge >= 0.3 is 0 Å². The van der Waals surface area contributed by atoms with Crippen molar-refractivity contribution in [2.24, 2.45) is 5.84 Å². The second-order valence-electron chi connectivity index (χ2n) is 4.41. The van der Waals surface area contributed by atoms with Crippen LogP contribution in [0.2, 0.25) is 0 Å². The molecule has 114 valence electrons. The maximum atomic E-state index is 12.0. The summed E-state index contributed by atoms with van der Waals surface area (Å²) in [4.78, 5) is 7.53. The molecule has 0 fully saturated rings. The number of sulfonamides is 1. The number of aromatic nitrogens is 4. The predicted molar refractivity (Wildman–Crippen MR) is 76.7 cm³/mol. The zero-order valence-corrected chi connectivity index (χ0v) is 12.3. The summed E-state index contributed by atoms with van der Waals surface area (Å²) in [5, 5.41) is 6.76. The molecular formula is C11H17N7O2S. The van der Waals surface area contributed by atoms with Crippen molar-refractivity contribution in [3.8, 4) is 0 Å². The predicted octanol–water partition coefficient (Wildman–Crippen LogP) is -0.295. The number of nitrogens with zero attached hydrogens (tertiary/aromatic N) is 3.